The van der Waals surface area contributed by atoms with Gasteiger partial charge in [-0.05, 0) is 25.6 Å². The number of nitrogens with one attached hydrogen (secondary N) is 1. The molecule has 0 aliphatic rings. The van der Waals surface area contributed by atoms with E-state index in [0.29, 0.717) is 6.54 Å². The highest BCUT2D eigenvalue weighted by molar-refractivity contribution is 8.00. The number of carboxylic acid groups (broad SMARTS) is 1. The van der Waals surface area contributed by atoms with E-state index in [2.05, 4.69) is 29.4 Å². The Bertz CT molecular complexity index is 440. The van der Waals surface area contributed by atoms with Crippen LogP contribution in [0.25, 0.3) is 0 Å². The van der Waals surface area contributed by atoms with Gasteiger partial charge in [-0.1, -0.05) is 30.3 Å². The standard InChI is InChI=1S/C15H22N2O3S/c1-17(10-13-6-3-2-4-7-13)9-5-8-16-14(18)11-21-12-15(19)20/h2-4,6-7H,5,8-12H2,1H3,(H,16,18)(H,19,20). The number of benzene rings is 1. The molecule has 0 aliphatic heterocycles. The summed E-state index contributed by atoms with van der Waals surface area (Å²) in [5.41, 5.74) is 1.27. The van der Waals surface area contributed by atoms with Crippen molar-refractivity contribution >= 4 is 23.6 Å². The minimum absolute atomic E-state index is 0.0345. The molecule has 0 saturated heterocycles. The molecule has 0 aromatic heterocycles. The van der Waals surface area contributed by atoms with E-state index in [4.69, 9.17) is 5.11 Å². The van der Waals surface area contributed by atoms with Gasteiger partial charge in [-0.3, -0.25) is 9.59 Å². The summed E-state index contributed by atoms with van der Waals surface area (Å²) in [5.74, 6) is -0.832. The van der Waals surface area contributed by atoms with Gasteiger partial charge < -0.3 is 15.3 Å². The van der Waals surface area contributed by atoms with Crippen LogP contribution in [0.1, 0.15) is 12.0 Å². The van der Waals surface area contributed by atoms with Crippen molar-refractivity contribution in [2.75, 3.05) is 31.6 Å². The predicted octanol–water partition coefficient (Wildman–Crippen LogP) is 1.44. The Balaban J connectivity index is 2.05. The lowest BCUT2D eigenvalue weighted by molar-refractivity contribution is -0.133. The minimum Gasteiger partial charge on any atom is -0.481 e. The minimum atomic E-state index is -0.893. The van der Waals surface area contributed by atoms with E-state index < -0.39 is 5.97 Å². The van der Waals surface area contributed by atoms with E-state index in [9.17, 15) is 9.59 Å². The van der Waals surface area contributed by atoms with Gasteiger partial charge in [-0.15, -0.1) is 11.8 Å². The normalized spacial score (nSPS) is 10.6. The number of carbonyl (C=O) groups excluding carboxylic acids is 1. The van der Waals surface area contributed by atoms with Crippen LogP contribution < -0.4 is 5.32 Å². The molecule has 21 heavy (non-hydrogen) atoms. The Morgan fingerprint density at radius 1 is 1.24 bits per heavy atom. The second kappa shape index (κ2) is 10.2. The molecule has 0 heterocycles. The van der Waals surface area contributed by atoms with Crippen molar-refractivity contribution in [3.8, 4) is 0 Å². The Morgan fingerprint density at radius 3 is 2.62 bits per heavy atom. The summed E-state index contributed by atoms with van der Waals surface area (Å²) in [7, 11) is 2.05. The molecule has 5 nitrogen and oxygen atoms in total. The first-order valence-electron chi connectivity index (χ1n) is 6.86. The van der Waals surface area contributed by atoms with Crippen molar-refractivity contribution in [1.29, 1.82) is 0 Å². The molecule has 6 heteroatoms. The summed E-state index contributed by atoms with van der Waals surface area (Å²) in [5, 5.41) is 11.3. The number of amides is 1. The number of thioether (sulfide) groups is 1. The molecule has 0 bridgehead atoms. The van der Waals surface area contributed by atoms with Crippen LogP contribution in [0, 0.1) is 0 Å². The maximum atomic E-state index is 11.4. The monoisotopic (exact) mass is 310 g/mol. The maximum absolute atomic E-state index is 11.4. The van der Waals surface area contributed by atoms with E-state index in [0.717, 1.165) is 31.3 Å². The Hall–Kier alpha value is -1.53. The molecular weight excluding hydrogens is 288 g/mol. The van der Waals surface area contributed by atoms with Gasteiger partial charge in [0.2, 0.25) is 5.91 Å². The first-order chi connectivity index (χ1) is 10.1. The fraction of sp³-hybridized carbons (Fsp3) is 0.467. The molecular formula is C15H22N2O3S. The summed E-state index contributed by atoms with van der Waals surface area (Å²) in [6, 6.07) is 10.2. The zero-order valence-corrected chi connectivity index (χ0v) is 13.1. The molecule has 0 aliphatic carbocycles. The highest BCUT2D eigenvalue weighted by atomic mass is 32.2. The van der Waals surface area contributed by atoms with Crippen molar-refractivity contribution < 1.29 is 14.7 Å². The van der Waals surface area contributed by atoms with Crippen molar-refractivity contribution in [3.05, 3.63) is 35.9 Å². The number of nitrogens with zero attached hydrogens (tertiary/aromatic N) is 1. The van der Waals surface area contributed by atoms with Gasteiger partial charge in [-0.25, -0.2) is 0 Å². The van der Waals surface area contributed by atoms with Crippen molar-refractivity contribution in [2.24, 2.45) is 0 Å². The lowest BCUT2D eigenvalue weighted by Crippen LogP contribution is -2.29. The smallest absolute Gasteiger partial charge is 0.313 e. The number of rotatable bonds is 10. The molecule has 0 saturated carbocycles. The molecule has 0 unspecified atom stereocenters. The summed E-state index contributed by atoms with van der Waals surface area (Å²) < 4.78 is 0. The number of hydrogen-bond acceptors (Lipinski definition) is 4. The largest absolute Gasteiger partial charge is 0.481 e. The van der Waals surface area contributed by atoms with Crippen molar-refractivity contribution in [2.45, 2.75) is 13.0 Å². The van der Waals surface area contributed by atoms with Gasteiger partial charge in [0.05, 0.1) is 11.5 Å². The Labute approximate surface area is 129 Å². The maximum Gasteiger partial charge on any atom is 0.313 e. The molecule has 1 rings (SSSR count). The van der Waals surface area contributed by atoms with Gasteiger partial charge in [0.25, 0.3) is 0 Å². The van der Waals surface area contributed by atoms with Crippen LogP contribution >= 0.6 is 11.8 Å². The molecule has 1 aromatic rings. The van der Waals surface area contributed by atoms with Crippen LogP contribution in [0.2, 0.25) is 0 Å². The second-order valence-corrected chi connectivity index (χ2v) is 5.80. The van der Waals surface area contributed by atoms with Crippen LogP contribution in [0.4, 0.5) is 0 Å². The second-order valence-electron chi connectivity index (χ2n) is 4.81. The Morgan fingerprint density at radius 2 is 1.95 bits per heavy atom. The van der Waals surface area contributed by atoms with Crippen LogP contribution in [-0.4, -0.2) is 53.5 Å². The molecule has 0 atom stereocenters. The zero-order valence-electron chi connectivity index (χ0n) is 12.2. The molecule has 1 amide bonds. The first kappa shape index (κ1) is 17.5. The van der Waals surface area contributed by atoms with Gasteiger partial charge in [0, 0.05) is 13.1 Å². The molecule has 1 aromatic carbocycles. The van der Waals surface area contributed by atoms with Gasteiger partial charge >= 0.3 is 5.97 Å². The molecule has 116 valence electrons. The van der Waals surface area contributed by atoms with Crippen molar-refractivity contribution in [1.82, 2.24) is 10.2 Å². The lowest BCUT2D eigenvalue weighted by Gasteiger charge is -2.16. The number of carboxylic acids is 1. The van der Waals surface area contributed by atoms with Gasteiger partial charge in [0.15, 0.2) is 0 Å². The molecule has 0 radical (unpaired) electrons. The average Bonchev–Trinajstić information content (AvgIpc) is 2.44. The zero-order chi connectivity index (χ0) is 15.5. The van der Waals surface area contributed by atoms with E-state index in [1.54, 1.807) is 0 Å². The number of carbonyl (C=O) groups is 2. The molecule has 2 N–H and O–H groups in total. The van der Waals surface area contributed by atoms with Crippen LogP contribution in [0.3, 0.4) is 0 Å². The number of aliphatic carboxylic acids is 1. The molecule has 0 spiro atoms. The third-order valence-corrected chi connectivity index (χ3v) is 3.71. The van der Waals surface area contributed by atoms with E-state index in [1.807, 2.05) is 18.2 Å². The molecule has 0 fully saturated rings. The van der Waals surface area contributed by atoms with Gasteiger partial charge in [0.1, 0.15) is 0 Å². The summed E-state index contributed by atoms with van der Waals surface area (Å²) in [4.78, 5) is 23.9. The fourth-order valence-electron chi connectivity index (χ4n) is 1.83. The average molecular weight is 310 g/mol. The third-order valence-electron chi connectivity index (χ3n) is 2.79. The van der Waals surface area contributed by atoms with E-state index in [1.165, 1.54) is 5.56 Å². The van der Waals surface area contributed by atoms with E-state index in [-0.39, 0.29) is 17.4 Å². The first-order valence-corrected chi connectivity index (χ1v) is 8.02. The Kier molecular flexibility index (Phi) is 8.54. The fourth-order valence-corrected chi connectivity index (χ4v) is 2.40. The highest BCUT2D eigenvalue weighted by Crippen LogP contribution is 2.02. The SMILES string of the molecule is CN(CCCNC(=O)CSCC(=O)O)Cc1ccccc1. The third kappa shape index (κ3) is 9.10. The van der Waals surface area contributed by atoms with Gasteiger partial charge in [-0.2, -0.15) is 0 Å². The topological polar surface area (TPSA) is 69.6 Å². The van der Waals surface area contributed by atoms with Crippen molar-refractivity contribution in [3.63, 3.8) is 0 Å². The quantitative estimate of drug-likeness (QED) is 0.640. The lowest BCUT2D eigenvalue weighted by atomic mass is 10.2. The predicted molar refractivity (Wildman–Crippen MR) is 85.4 cm³/mol. The summed E-state index contributed by atoms with van der Waals surface area (Å²) in [6.07, 6.45) is 0.874. The van der Waals surface area contributed by atoms with E-state index >= 15 is 0 Å². The number of hydrogen-bond donors (Lipinski definition) is 2. The summed E-state index contributed by atoms with van der Waals surface area (Å²) in [6.45, 7) is 2.41. The summed E-state index contributed by atoms with van der Waals surface area (Å²) >= 11 is 1.11. The van der Waals surface area contributed by atoms with Crippen LogP contribution in [-0.2, 0) is 16.1 Å². The van der Waals surface area contributed by atoms with Crippen LogP contribution in [0.15, 0.2) is 30.3 Å². The highest BCUT2D eigenvalue weighted by Gasteiger charge is 2.04. The van der Waals surface area contributed by atoms with Crippen LogP contribution in [0.5, 0.6) is 0 Å².